The second kappa shape index (κ2) is 41.2. The van der Waals surface area contributed by atoms with Gasteiger partial charge in [-0.3, -0.25) is 4.79 Å². The van der Waals surface area contributed by atoms with Crippen LogP contribution in [-0.2, 0) is 14.3 Å². The molecule has 0 aromatic heterocycles. The summed E-state index contributed by atoms with van der Waals surface area (Å²) in [6.07, 6.45) is 59.9. The molecule has 0 fully saturated rings. The molecule has 0 aliphatic carbocycles. The molecule has 1 atom stereocenters. The topological polar surface area (TPSA) is 55.8 Å². The summed E-state index contributed by atoms with van der Waals surface area (Å²) >= 11 is 0. The monoisotopic (exact) mass is 677 g/mol. The van der Waals surface area contributed by atoms with Crippen LogP contribution < -0.4 is 0 Å². The van der Waals surface area contributed by atoms with Crippen LogP contribution in [0.15, 0.2) is 109 Å². The SMILES string of the molecule is CC/C=C\C/C=C\C/C=C\C/C=C\C/C=C\C/C=C\CCCCCOCC(CO)OC(=O)CCCCCCC/C=C\C/C=C\C/C=C\CC. The number of hydrogen-bond acceptors (Lipinski definition) is 4. The van der Waals surface area contributed by atoms with E-state index in [9.17, 15) is 9.90 Å². The Morgan fingerprint density at radius 1 is 0.490 bits per heavy atom. The molecule has 1 N–H and O–H groups in total. The third-order valence-electron chi connectivity index (χ3n) is 7.59. The van der Waals surface area contributed by atoms with Gasteiger partial charge in [-0.1, -0.05) is 149 Å². The molecule has 4 nitrogen and oxygen atoms in total. The second-order valence-electron chi connectivity index (χ2n) is 12.2. The van der Waals surface area contributed by atoms with Gasteiger partial charge in [0.15, 0.2) is 0 Å². The summed E-state index contributed by atoms with van der Waals surface area (Å²) in [6, 6.07) is 0. The summed E-state index contributed by atoms with van der Waals surface area (Å²) in [5.74, 6) is -0.236. The van der Waals surface area contributed by atoms with Gasteiger partial charge in [-0.15, -0.1) is 0 Å². The third kappa shape index (κ3) is 39.4. The first-order valence-corrected chi connectivity index (χ1v) is 19.5. The molecular weight excluding hydrogens is 604 g/mol. The van der Waals surface area contributed by atoms with E-state index in [-0.39, 0.29) is 19.2 Å². The predicted octanol–water partition coefficient (Wildman–Crippen LogP) is 12.8. The van der Waals surface area contributed by atoms with E-state index in [4.69, 9.17) is 9.47 Å². The van der Waals surface area contributed by atoms with Crippen LogP contribution in [0.4, 0.5) is 0 Å². The lowest BCUT2D eigenvalue weighted by Crippen LogP contribution is -2.27. The summed E-state index contributed by atoms with van der Waals surface area (Å²) < 4.78 is 11.1. The van der Waals surface area contributed by atoms with E-state index in [1.54, 1.807) is 0 Å². The van der Waals surface area contributed by atoms with Crippen LogP contribution in [-0.4, -0.2) is 37.0 Å². The van der Waals surface area contributed by atoms with Gasteiger partial charge in [-0.2, -0.15) is 0 Å². The number of allylic oxidation sites excluding steroid dienone is 18. The zero-order valence-corrected chi connectivity index (χ0v) is 31.4. The standard InChI is InChI=1S/C45H72O4/c1-3-5-7-9-11-13-15-17-19-20-21-22-23-24-25-27-29-31-33-35-37-39-41-48-43-44(42-46)49-45(47)40-38-36-34-32-30-28-26-18-16-14-12-10-8-6-4-2/h5-8,11-14,17-19,21-22,24-26,29,31,44,46H,3-4,9-10,15-16,20,23,27-28,30,32-43H2,1-2H3/b7-5-,8-6-,13-11-,14-12-,19-17-,22-21-,25-24-,26-18-,31-29-. The average Bonchev–Trinajstić information content (AvgIpc) is 3.11. The Morgan fingerprint density at radius 2 is 0.857 bits per heavy atom. The number of hydrogen-bond donors (Lipinski definition) is 1. The Bertz CT molecular complexity index is 976. The van der Waals surface area contributed by atoms with Crippen LogP contribution in [0.2, 0.25) is 0 Å². The average molecular weight is 677 g/mol. The van der Waals surface area contributed by atoms with E-state index >= 15 is 0 Å². The van der Waals surface area contributed by atoms with Crippen molar-refractivity contribution in [2.75, 3.05) is 19.8 Å². The van der Waals surface area contributed by atoms with Crippen LogP contribution in [0.3, 0.4) is 0 Å². The van der Waals surface area contributed by atoms with Gasteiger partial charge in [-0.25, -0.2) is 0 Å². The van der Waals surface area contributed by atoms with Crippen molar-refractivity contribution in [3.05, 3.63) is 109 Å². The Labute approximate surface area is 302 Å². The van der Waals surface area contributed by atoms with Crippen LogP contribution >= 0.6 is 0 Å². The van der Waals surface area contributed by atoms with E-state index in [1.807, 2.05) is 0 Å². The number of ether oxygens (including phenoxy) is 2. The number of unbranched alkanes of at least 4 members (excludes halogenated alkanes) is 8. The number of carbonyl (C=O) groups is 1. The second-order valence-corrected chi connectivity index (χ2v) is 12.2. The molecule has 276 valence electrons. The van der Waals surface area contributed by atoms with Crippen molar-refractivity contribution in [1.29, 1.82) is 0 Å². The molecule has 49 heavy (non-hydrogen) atoms. The molecule has 0 radical (unpaired) electrons. The van der Waals surface area contributed by atoms with Gasteiger partial charge in [-0.05, 0) is 96.3 Å². The number of aliphatic hydroxyl groups is 1. The van der Waals surface area contributed by atoms with Gasteiger partial charge in [0.1, 0.15) is 6.10 Å². The minimum Gasteiger partial charge on any atom is -0.457 e. The largest absolute Gasteiger partial charge is 0.457 e. The van der Waals surface area contributed by atoms with Crippen LogP contribution in [0, 0.1) is 0 Å². The number of rotatable bonds is 34. The lowest BCUT2D eigenvalue weighted by atomic mass is 10.1. The molecule has 0 aliphatic heterocycles. The molecule has 0 saturated carbocycles. The van der Waals surface area contributed by atoms with Crippen LogP contribution in [0.25, 0.3) is 0 Å². The molecule has 0 saturated heterocycles. The maximum absolute atomic E-state index is 12.2. The molecule has 0 amide bonds. The fraction of sp³-hybridized carbons (Fsp3) is 0.578. The zero-order chi connectivity index (χ0) is 35.6. The molecule has 0 heterocycles. The van der Waals surface area contributed by atoms with Crippen molar-refractivity contribution in [1.82, 2.24) is 0 Å². The molecule has 1 unspecified atom stereocenters. The molecule has 0 aromatic rings. The minimum atomic E-state index is -0.569. The summed E-state index contributed by atoms with van der Waals surface area (Å²) in [6.45, 7) is 5.00. The third-order valence-corrected chi connectivity index (χ3v) is 7.59. The van der Waals surface area contributed by atoms with E-state index in [2.05, 4.69) is 123 Å². The lowest BCUT2D eigenvalue weighted by molar-refractivity contribution is -0.154. The normalized spacial score (nSPS) is 13.6. The predicted molar refractivity (Wildman–Crippen MR) is 214 cm³/mol. The quantitative estimate of drug-likeness (QED) is 0.0419. The van der Waals surface area contributed by atoms with E-state index < -0.39 is 6.10 Å². The van der Waals surface area contributed by atoms with E-state index in [0.717, 1.165) is 109 Å². The first-order chi connectivity index (χ1) is 24.2. The summed E-state index contributed by atoms with van der Waals surface area (Å²) in [7, 11) is 0. The Hall–Kier alpha value is -2.95. The first kappa shape index (κ1) is 46.0. The lowest BCUT2D eigenvalue weighted by Gasteiger charge is -2.15. The van der Waals surface area contributed by atoms with Gasteiger partial charge in [0.25, 0.3) is 0 Å². The maximum Gasteiger partial charge on any atom is 0.306 e. The van der Waals surface area contributed by atoms with Crippen molar-refractivity contribution in [2.24, 2.45) is 0 Å². The number of carbonyl (C=O) groups excluding carboxylic acids is 1. The van der Waals surface area contributed by atoms with Crippen LogP contribution in [0.1, 0.15) is 142 Å². The smallest absolute Gasteiger partial charge is 0.306 e. The molecule has 4 heteroatoms. The fourth-order valence-corrected chi connectivity index (χ4v) is 4.75. The van der Waals surface area contributed by atoms with Crippen LogP contribution in [0.5, 0.6) is 0 Å². The van der Waals surface area contributed by atoms with Gasteiger partial charge in [0.05, 0.1) is 13.2 Å². The summed E-state index contributed by atoms with van der Waals surface area (Å²) in [5, 5.41) is 9.57. The first-order valence-electron chi connectivity index (χ1n) is 19.5. The van der Waals surface area contributed by atoms with Gasteiger partial charge in [0, 0.05) is 13.0 Å². The van der Waals surface area contributed by atoms with Gasteiger partial charge in [0.2, 0.25) is 0 Å². The van der Waals surface area contributed by atoms with Crippen molar-refractivity contribution in [2.45, 2.75) is 148 Å². The molecular formula is C45H72O4. The summed E-state index contributed by atoms with van der Waals surface area (Å²) in [5.41, 5.74) is 0. The highest BCUT2D eigenvalue weighted by Gasteiger charge is 2.13. The zero-order valence-electron chi connectivity index (χ0n) is 31.4. The molecule has 0 rings (SSSR count). The number of esters is 1. The van der Waals surface area contributed by atoms with Gasteiger partial charge < -0.3 is 14.6 Å². The minimum absolute atomic E-state index is 0.201. The van der Waals surface area contributed by atoms with Crippen molar-refractivity contribution >= 4 is 5.97 Å². The highest BCUT2D eigenvalue weighted by molar-refractivity contribution is 5.69. The van der Waals surface area contributed by atoms with E-state index in [1.165, 1.54) is 12.8 Å². The van der Waals surface area contributed by atoms with Crippen molar-refractivity contribution in [3.63, 3.8) is 0 Å². The van der Waals surface area contributed by atoms with Crippen molar-refractivity contribution < 1.29 is 19.4 Å². The summed E-state index contributed by atoms with van der Waals surface area (Å²) in [4.78, 5) is 12.2. The molecule has 0 aromatic carbocycles. The molecule has 0 aliphatic rings. The maximum atomic E-state index is 12.2. The molecule has 0 bridgehead atoms. The highest BCUT2D eigenvalue weighted by Crippen LogP contribution is 2.10. The Kier molecular flexibility index (Phi) is 38.7. The van der Waals surface area contributed by atoms with E-state index in [0.29, 0.717) is 13.0 Å². The Balaban J connectivity index is 3.61. The molecule has 0 spiro atoms. The Morgan fingerprint density at radius 3 is 1.29 bits per heavy atom. The fourth-order valence-electron chi connectivity index (χ4n) is 4.75. The highest BCUT2D eigenvalue weighted by atomic mass is 16.6. The van der Waals surface area contributed by atoms with Crippen molar-refractivity contribution in [3.8, 4) is 0 Å². The van der Waals surface area contributed by atoms with Gasteiger partial charge >= 0.3 is 5.97 Å². The number of aliphatic hydroxyl groups excluding tert-OH is 1.